The van der Waals surface area contributed by atoms with Crippen LogP contribution >= 0.6 is 11.3 Å². The van der Waals surface area contributed by atoms with Gasteiger partial charge in [-0.1, -0.05) is 6.07 Å². The van der Waals surface area contributed by atoms with E-state index >= 15 is 0 Å². The number of hydrogen-bond donors (Lipinski definition) is 0. The number of rotatable bonds is 6. The van der Waals surface area contributed by atoms with Gasteiger partial charge in [0.1, 0.15) is 11.5 Å². The molecule has 2 aromatic rings. The van der Waals surface area contributed by atoms with Crippen LogP contribution in [0.1, 0.15) is 18.5 Å². The molecule has 0 radical (unpaired) electrons. The summed E-state index contributed by atoms with van der Waals surface area (Å²) in [4.78, 5) is 6.86. The summed E-state index contributed by atoms with van der Waals surface area (Å²) in [5.74, 6) is 2.31. The quantitative estimate of drug-likeness (QED) is 0.817. The molecular formula is C17H22N2O2S. The van der Waals surface area contributed by atoms with Gasteiger partial charge in [-0.2, -0.15) is 0 Å². The van der Waals surface area contributed by atoms with Gasteiger partial charge in [-0.3, -0.25) is 4.90 Å². The van der Waals surface area contributed by atoms with E-state index in [9.17, 15) is 0 Å². The van der Waals surface area contributed by atoms with Crippen molar-refractivity contribution in [2.45, 2.75) is 19.4 Å². The monoisotopic (exact) mass is 318 g/mol. The normalized spacial score (nSPS) is 19.0. The number of thiazole rings is 1. The van der Waals surface area contributed by atoms with Crippen LogP contribution in [-0.4, -0.2) is 36.7 Å². The number of methoxy groups -OCH3 is 1. The Kier molecular flexibility index (Phi) is 5.29. The number of likely N-dealkylation sites (tertiary alicyclic amines) is 1. The molecule has 1 saturated heterocycles. The third kappa shape index (κ3) is 4.21. The van der Waals surface area contributed by atoms with Gasteiger partial charge >= 0.3 is 0 Å². The van der Waals surface area contributed by atoms with Crippen molar-refractivity contribution in [1.82, 2.24) is 9.88 Å². The summed E-state index contributed by atoms with van der Waals surface area (Å²) in [5, 5.41) is 2.14. The van der Waals surface area contributed by atoms with Gasteiger partial charge in [0.15, 0.2) is 0 Å². The Hall–Kier alpha value is -1.59. The zero-order valence-corrected chi connectivity index (χ0v) is 13.7. The maximum atomic E-state index is 5.95. The first-order chi connectivity index (χ1) is 10.8. The van der Waals surface area contributed by atoms with Crippen LogP contribution in [0.15, 0.2) is 35.2 Å². The lowest BCUT2D eigenvalue weighted by Crippen LogP contribution is -2.37. The van der Waals surface area contributed by atoms with Crippen LogP contribution in [0.3, 0.4) is 0 Å². The summed E-state index contributed by atoms with van der Waals surface area (Å²) in [5.41, 5.74) is 3.09. The van der Waals surface area contributed by atoms with Gasteiger partial charge in [0, 0.05) is 30.5 Å². The van der Waals surface area contributed by atoms with E-state index in [0.29, 0.717) is 5.92 Å². The average Bonchev–Trinajstić information content (AvgIpc) is 3.06. The molecule has 0 unspecified atom stereocenters. The van der Waals surface area contributed by atoms with E-state index < -0.39 is 0 Å². The molecule has 3 rings (SSSR count). The van der Waals surface area contributed by atoms with E-state index in [2.05, 4.69) is 15.3 Å². The molecule has 0 amide bonds. The lowest BCUT2D eigenvalue weighted by atomic mass is 9.99. The average molecular weight is 318 g/mol. The Bertz CT molecular complexity index is 574. The third-order valence-electron chi connectivity index (χ3n) is 4.00. The molecule has 0 N–H and O–H groups in total. The van der Waals surface area contributed by atoms with Gasteiger partial charge < -0.3 is 9.47 Å². The van der Waals surface area contributed by atoms with Crippen LogP contribution in [0.5, 0.6) is 11.5 Å². The van der Waals surface area contributed by atoms with Crippen LogP contribution in [-0.2, 0) is 6.54 Å². The molecule has 1 aromatic carbocycles. The first-order valence-corrected chi connectivity index (χ1v) is 8.64. The number of ether oxygens (including phenoxy) is 2. The number of benzene rings is 1. The molecule has 2 heterocycles. The van der Waals surface area contributed by atoms with Crippen molar-refractivity contribution in [2.75, 3.05) is 26.8 Å². The highest BCUT2D eigenvalue weighted by molar-refractivity contribution is 7.07. The minimum atomic E-state index is 0.582. The first-order valence-electron chi connectivity index (χ1n) is 7.70. The summed E-state index contributed by atoms with van der Waals surface area (Å²) in [6, 6.07) is 7.82. The van der Waals surface area contributed by atoms with E-state index in [0.717, 1.165) is 37.7 Å². The van der Waals surface area contributed by atoms with Crippen molar-refractivity contribution in [3.63, 3.8) is 0 Å². The standard InChI is InChI=1S/C17H22N2O2S/c1-20-16-5-2-6-17(8-16)21-11-14-4-3-7-19(9-14)10-15-12-22-13-18-15/h2,5-6,8,12-14H,3-4,7,9-11H2,1H3/t14-/m0/s1. The van der Waals surface area contributed by atoms with E-state index in [-0.39, 0.29) is 0 Å². The summed E-state index contributed by atoms with van der Waals surface area (Å²) >= 11 is 1.67. The first kappa shape index (κ1) is 15.3. The molecule has 1 atom stereocenters. The fraction of sp³-hybridized carbons (Fsp3) is 0.471. The lowest BCUT2D eigenvalue weighted by molar-refractivity contribution is 0.124. The van der Waals surface area contributed by atoms with E-state index in [1.165, 1.54) is 18.5 Å². The topological polar surface area (TPSA) is 34.6 Å². The van der Waals surface area contributed by atoms with E-state index in [1.807, 2.05) is 29.8 Å². The Balaban J connectivity index is 1.49. The predicted octanol–water partition coefficient (Wildman–Crippen LogP) is 3.44. The van der Waals surface area contributed by atoms with Gasteiger partial charge in [0.05, 0.1) is 24.9 Å². The number of aromatic nitrogens is 1. The highest BCUT2D eigenvalue weighted by Gasteiger charge is 2.21. The molecule has 1 aromatic heterocycles. The largest absolute Gasteiger partial charge is 0.497 e. The highest BCUT2D eigenvalue weighted by Crippen LogP contribution is 2.22. The molecule has 22 heavy (non-hydrogen) atoms. The minimum Gasteiger partial charge on any atom is -0.497 e. The minimum absolute atomic E-state index is 0.582. The zero-order chi connectivity index (χ0) is 15.2. The molecule has 0 saturated carbocycles. The Morgan fingerprint density at radius 3 is 3.09 bits per heavy atom. The maximum absolute atomic E-state index is 5.95. The molecule has 0 aliphatic carbocycles. The van der Waals surface area contributed by atoms with Gasteiger partial charge in [-0.25, -0.2) is 4.98 Å². The summed E-state index contributed by atoms with van der Waals surface area (Å²) in [6.45, 7) is 3.97. The van der Waals surface area contributed by atoms with Gasteiger partial charge in [0.25, 0.3) is 0 Å². The summed E-state index contributed by atoms with van der Waals surface area (Å²) < 4.78 is 11.2. The van der Waals surface area contributed by atoms with Gasteiger partial charge in [-0.15, -0.1) is 11.3 Å². The van der Waals surface area contributed by atoms with Crippen LogP contribution in [0.25, 0.3) is 0 Å². The fourth-order valence-electron chi connectivity index (χ4n) is 2.88. The SMILES string of the molecule is COc1cccc(OC[C@H]2CCCN(Cc3cscn3)C2)c1. The smallest absolute Gasteiger partial charge is 0.122 e. The van der Waals surface area contributed by atoms with Crippen molar-refractivity contribution >= 4 is 11.3 Å². The third-order valence-corrected chi connectivity index (χ3v) is 4.63. The van der Waals surface area contributed by atoms with Crippen LogP contribution < -0.4 is 9.47 Å². The van der Waals surface area contributed by atoms with Crippen molar-refractivity contribution < 1.29 is 9.47 Å². The Morgan fingerprint density at radius 2 is 2.27 bits per heavy atom. The van der Waals surface area contributed by atoms with Gasteiger partial charge in [0.2, 0.25) is 0 Å². The second kappa shape index (κ2) is 7.61. The second-order valence-electron chi connectivity index (χ2n) is 5.71. The Labute approximate surface area is 135 Å². The van der Waals surface area contributed by atoms with Crippen LogP contribution in [0.4, 0.5) is 0 Å². The highest BCUT2D eigenvalue weighted by atomic mass is 32.1. The number of piperidine rings is 1. The van der Waals surface area contributed by atoms with Crippen molar-refractivity contribution in [3.8, 4) is 11.5 Å². The molecule has 118 valence electrons. The number of hydrogen-bond acceptors (Lipinski definition) is 5. The van der Waals surface area contributed by atoms with Crippen molar-refractivity contribution in [2.24, 2.45) is 5.92 Å². The maximum Gasteiger partial charge on any atom is 0.122 e. The number of nitrogens with zero attached hydrogens (tertiary/aromatic N) is 2. The van der Waals surface area contributed by atoms with Crippen LogP contribution in [0.2, 0.25) is 0 Å². The molecule has 5 heteroatoms. The zero-order valence-electron chi connectivity index (χ0n) is 12.9. The van der Waals surface area contributed by atoms with Crippen LogP contribution in [0, 0.1) is 5.92 Å². The fourth-order valence-corrected chi connectivity index (χ4v) is 3.43. The molecule has 1 aliphatic rings. The van der Waals surface area contributed by atoms with Crippen molar-refractivity contribution in [1.29, 1.82) is 0 Å². The molecule has 1 aliphatic heterocycles. The summed E-state index contributed by atoms with van der Waals surface area (Å²) in [6.07, 6.45) is 2.47. The Morgan fingerprint density at radius 1 is 1.36 bits per heavy atom. The lowest BCUT2D eigenvalue weighted by Gasteiger charge is -2.32. The molecule has 4 nitrogen and oxygen atoms in total. The molecular weight excluding hydrogens is 296 g/mol. The van der Waals surface area contributed by atoms with E-state index in [4.69, 9.17) is 9.47 Å². The van der Waals surface area contributed by atoms with Crippen molar-refractivity contribution in [3.05, 3.63) is 40.8 Å². The molecule has 0 bridgehead atoms. The van der Waals surface area contributed by atoms with E-state index in [1.54, 1.807) is 18.4 Å². The molecule has 0 spiro atoms. The second-order valence-corrected chi connectivity index (χ2v) is 6.43. The van der Waals surface area contributed by atoms with Gasteiger partial charge in [-0.05, 0) is 31.5 Å². The predicted molar refractivity (Wildman–Crippen MR) is 88.6 cm³/mol. The summed E-state index contributed by atoms with van der Waals surface area (Å²) in [7, 11) is 1.68. The molecule has 1 fully saturated rings.